The van der Waals surface area contributed by atoms with Gasteiger partial charge < -0.3 is 9.88 Å². The maximum absolute atomic E-state index is 12.5. The first-order valence-electron chi connectivity index (χ1n) is 8.43. The average Bonchev–Trinajstić information content (AvgIpc) is 2.65. The van der Waals surface area contributed by atoms with Crippen molar-refractivity contribution in [2.75, 3.05) is 5.32 Å². The Morgan fingerprint density at radius 2 is 1.71 bits per heavy atom. The molecule has 3 aromatic rings. The molecule has 0 spiro atoms. The minimum Gasteiger partial charge on any atom is -0.322 e. The van der Waals surface area contributed by atoms with E-state index in [-0.39, 0.29) is 10.5 Å². The number of carbonyl (C=O) groups excluding carboxylic acids is 1. The van der Waals surface area contributed by atoms with E-state index >= 15 is 0 Å². The van der Waals surface area contributed by atoms with E-state index in [4.69, 9.17) is 5.14 Å². The van der Waals surface area contributed by atoms with Gasteiger partial charge in [-0.1, -0.05) is 24.3 Å². The SMILES string of the molecule is Cc1ccccc1Cn1cc(C(=O)Nc2ccc(S(N)(=O)=O)cc2)ccc1=O. The Morgan fingerprint density at radius 1 is 1.04 bits per heavy atom. The van der Waals surface area contributed by atoms with Crippen LogP contribution in [0.2, 0.25) is 0 Å². The quantitative estimate of drug-likeness (QED) is 0.687. The molecule has 0 bridgehead atoms. The molecule has 8 heteroatoms. The minimum absolute atomic E-state index is 0.0442. The number of nitrogens with zero attached hydrogens (tertiary/aromatic N) is 1. The van der Waals surface area contributed by atoms with Crippen molar-refractivity contribution in [3.8, 4) is 0 Å². The highest BCUT2D eigenvalue weighted by molar-refractivity contribution is 7.89. The van der Waals surface area contributed by atoms with Crippen molar-refractivity contribution in [3.63, 3.8) is 0 Å². The molecule has 0 fully saturated rings. The first-order valence-corrected chi connectivity index (χ1v) is 9.98. The van der Waals surface area contributed by atoms with Crippen molar-refractivity contribution in [2.45, 2.75) is 18.4 Å². The number of anilines is 1. The van der Waals surface area contributed by atoms with Crippen LogP contribution >= 0.6 is 0 Å². The summed E-state index contributed by atoms with van der Waals surface area (Å²) in [6.07, 6.45) is 1.50. The number of amides is 1. The molecule has 1 aromatic heterocycles. The lowest BCUT2D eigenvalue weighted by Crippen LogP contribution is -2.23. The van der Waals surface area contributed by atoms with Crippen molar-refractivity contribution in [1.29, 1.82) is 0 Å². The fraction of sp³-hybridized carbons (Fsp3) is 0.100. The number of carbonyl (C=O) groups is 1. The van der Waals surface area contributed by atoms with Crippen LogP contribution in [0.4, 0.5) is 5.69 Å². The summed E-state index contributed by atoms with van der Waals surface area (Å²) in [6.45, 7) is 2.32. The lowest BCUT2D eigenvalue weighted by Gasteiger charge is -2.11. The summed E-state index contributed by atoms with van der Waals surface area (Å²) < 4.78 is 24.1. The third-order valence-electron chi connectivity index (χ3n) is 4.29. The number of primary sulfonamides is 1. The van der Waals surface area contributed by atoms with Crippen molar-refractivity contribution in [2.24, 2.45) is 5.14 Å². The van der Waals surface area contributed by atoms with E-state index in [9.17, 15) is 18.0 Å². The minimum atomic E-state index is -3.79. The number of pyridine rings is 1. The van der Waals surface area contributed by atoms with E-state index < -0.39 is 15.9 Å². The lowest BCUT2D eigenvalue weighted by atomic mass is 10.1. The third kappa shape index (κ3) is 4.54. The van der Waals surface area contributed by atoms with Crippen LogP contribution in [0, 0.1) is 6.92 Å². The van der Waals surface area contributed by atoms with E-state index in [0.717, 1.165) is 11.1 Å². The normalized spacial score (nSPS) is 11.2. The lowest BCUT2D eigenvalue weighted by molar-refractivity contribution is 0.102. The molecule has 0 saturated heterocycles. The van der Waals surface area contributed by atoms with Gasteiger partial charge in [-0.3, -0.25) is 9.59 Å². The molecule has 3 rings (SSSR count). The molecule has 0 aliphatic heterocycles. The number of hydrogen-bond acceptors (Lipinski definition) is 4. The average molecular weight is 397 g/mol. The number of benzene rings is 2. The molecule has 0 saturated carbocycles. The summed E-state index contributed by atoms with van der Waals surface area (Å²) in [4.78, 5) is 24.6. The zero-order valence-corrected chi connectivity index (χ0v) is 15.9. The molecule has 144 valence electrons. The monoisotopic (exact) mass is 397 g/mol. The highest BCUT2D eigenvalue weighted by Crippen LogP contribution is 2.14. The molecule has 0 radical (unpaired) electrons. The second-order valence-electron chi connectivity index (χ2n) is 6.33. The van der Waals surface area contributed by atoms with Gasteiger partial charge in [0.25, 0.3) is 11.5 Å². The Hall–Kier alpha value is -3.23. The number of nitrogens with one attached hydrogen (secondary N) is 1. The Kier molecular flexibility index (Phi) is 5.43. The number of sulfonamides is 1. The van der Waals surface area contributed by atoms with E-state index in [1.807, 2.05) is 31.2 Å². The van der Waals surface area contributed by atoms with Crippen molar-refractivity contribution in [1.82, 2.24) is 4.57 Å². The van der Waals surface area contributed by atoms with Gasteiger partial charge >= 0.3 is 0 Å². The van der Waals surface area contributed by atoms with Crippen molar-refractivity contribution in [3.05, 3.63) is 93.9 Å². The van der Waals surface area contributed by atoms with Gasteiger partial charge in [0, 0.05) is 18.0 Å². The Balaban J connectivity index is 1.81. The third-order valence-corrected chi connectivity index (χ3v) is 5.22. The van der Waals surface area contributed by atoms with E-state index in [0.29, 0.717) is 17.8 Å². The van der Waals surface area contributed by atoms with Gasteiger partial charge in [-0.15, -0.1) is 0 Å². The largest absolute Gasteiger partial charge is 0.322 e. The van der Waals surface area contributed by atoms with E-state index in [2.05, 4.69) is 5.32 Å². The second kappa shape index (κ2) is 7.79. The number of rotatable bonds is 5. The molecule has 28 heavy (non-hydrogen) atoms. The fourth-order valence-corrected chi connectivity index (χ4v) is 3.21. The summed E-state index contributed by atoms with van der Waals surface area (Å²) >= 11 is 0. The molecular weight excluding hydrogens is 378 g/mol. The molecule has 0 unspecified atom stereocenters. The van der Waals surface area contributed by atoms with E-state index in [1.165, 1.54) is 47.2 Å². The Morgan fingerprint density at radius 3 is 2.36 bits per heavy atom. The topological polar surface area (TPSA) is 111 Å². The van der Waals surface area contributed by atoms with Crippen LogP contribution in [0.25, 0.3) is 0 Å². The first kappa shape index (κ1) is 19.5. The molecule has 1 heterocycles. The maximum Gasteiger partial charge on any atom is 0.257 e. The number of nitrogens with two attached hydrogens (primary N) is 1. The highest BCUT2D eigenvalue weighted by atomic mass is 32.2. The van der Waals surface area contributed by atoms with Gasteiger partial charge in [-0.25, -0.2) is 13.6 Å². The summed E-state index contributed by atoms with van der Waals surface area (Å²) in [5, 5.41) is 7.73. The van der Waals surface area contributed by atoms with Crippen LogP contribution in [0.1, 0.15) is 21.5 Å². The fourth-order valence-electron chi connectivity index (χ4n) is 2.69. The molecule has 0 atom stereocenters. The number of aromatic nitrogens is 1. The number of aryl methyl sites for hydroxylation is 1. The van der Waals surface area contributed by atoms with Crippen LogP contribution < -0.4 is 16.0 Å². The van der Waals surface area contributed by atoms with Gasteiger partial charge in [-0.05, 0) is 48.4 Å². The predicted octanol–water partition coefficient (Wildman–Crippen LogP) is 2.10. The summed E-state index contributed by atoms with van der Waals surface area (Å²) in [7, 11) is -3.79. The van der Waals surface area contributed by atoms with Gasteiger partial charge in [0.05, 0.1) is 17.0 Å². The molecule has 0 aliphatic rings. The Bertz CT molecular complexity index is 1180. The molecular formula is C20H19N3O4S. The number of hydrogen-bond donors (Lipinski definition) is 2. The standard InChI is InChI=1S/C20H19N3O4S/c1-14-4-2-3-5-15(14)12-23-13-16(6-11-19(23)24)20(25)22-17-7-9-18(10-8-17)28(21,26)27/h2-11,13H,12H2,1H3,(H,22,25)(H2,21,26,27). The smallest absolute Gasteiger partial charge is 0.257 e. The second-order valence-corrected chi connectivity index (χ2v) is 7.90. The predicted molar refractivity (Wildman–Crippen MR) is 107 cm³/mol. The van der Waals surface area contributed by atoms with Crippen LogP contribution in [-0.4, -0.2) is 18.9 Å². The van der Waals surface area contributed by atoms with E-state index in [1.54, 1.807) is 0 Å². The summed E-state index contributed by atoms with van der Waals surface area (Å²) in [5.74, 6) is -0.415. The molecule has 0 aliphatic carbocycles. The maximum atomic E-state index is 12.5. The first-order chi connectivity index (χ1) is 13.2. The molecule has 2 aromatic carbocycles. The zero-order valence-electron chi connectivity index (χ0n) is 15.1. The van der Waals surface area contributed by atoms with Crippen LogP contribution in [0.15, 0.2) is 76.6 Å². The highest BCUT2D eigenvalue weighted by Gasteiger charge is 2.11. The zero-order chi connectivity index (χ0) is 20.3. The van der Waals surface area contributed by atoms with Gasteiger partial charge in [-0.2, -0.15) is 0 Å². The molecule has 1 amide bonds. The van der Waals surface area contributed by atoms with Crippen LogP contribution in [-0.2, 0) is 16.6 Å². The van der Waals surface area contributed by atoms with Crippen LogP contribution in [0.5, 0.6) is 0 Å². The van der Waals surface area contributed by atoms with Gasteiger partial charge in [0.15, 0.2) is 0 Å². The van der Waals surface area contributed by atoms with Crippen LogP contribution in [0.3, 0.4) is 0 Å². The molecule has 7 nitrogen and oxygen atoms in total. The summed E-state index contributed by atoms with van der Waals surface area (Å²) in [5.41, 5.74) is 2.55. The Labute approximate surface area is 162 Å². The van der Waals surface area contributed by atoms with Crippen molar-refractivity contribution >= 4 is 21.6 Å². The summed E-state index contributed by atoms with van der Waals surface area (Å²) in [6, 6.07) is 16.0. The molecule has 3 N–H and O–H groups in total. The van der Waals surface area contributed by atoms with Gasteiger partial charge in [0.2, 0.25) is 10.0 Å². The van der Waals surface area contributed by atoms with Gasteiger partial charge in [0.1, 0.15) is 0 Å². The van der Waals surface area contributed by atoms with Crippen molar-refractivity contribution < 1.29 is 13.2 Å².